The van der Waals surface area contributed by atoms with Crippen LogP contribution in [0, 0.1) is 24.1 Å². The van der Waals surface area contributed by atoms with Gasteiger partial charge >= 0.3 is 0 Å². The standard InChI is InChI=1S/C15H21FN2O/c1-4-15(11-17,18-3)8-5-9-19-13-7-6-12(2)14(16)10-13/h6-7,10,18H,4-5,8-9H2,1-3H3. The van der Waals surface area contributed by atoms with Crippen LogP contribution in [0.15, 0.2) is 18.2 Å². The van der Waals surface area contributed by atoms with Crippen molar-refractivity contribution < 1.29 is 9.13 Å². The van der Waals surface area contributed by atoms with Crippen LogP contribution >= 0.6 is 0 Å². The van der Waals surface area contributed by atoms with Crippen molar-refractivity contribution in [2.45, 2.75) is 38.6 Å². The Kier molecular flexibility index (Phi) is 5.78. The first kappa shape index (κ1) is 15.5. The fourth-order valence-corrected chi connectivity index (χ4v) is 1.90. The highest BCUT2D eigenvalue weighted by Crippen LogP contribution is 2.18. The summed E-state index contributed by atoms with van der Waals surface area (Å²) in [4.78, 5) is 0. The van der Waals surface area contributed by atoms with Crippen LogP contribution in [0.25, 0.3) is 0 Å². The van der Waals surface area contributed by atoms with Crippen molar-refractivity contribution in [1.82, 2.24) is 5.32 Å². The molecule has 1 N–H and O–H groups in total. The molecular weight excluding hydrogens is 243 g/mol. The van der Waals surface area contributed by atoms with E-state index in [1.54, 1.807) is 26.1 Å². The average molecular weight is 264 g/mol. The summed E-state index contributed by atoms with van der Waals surface area (Å²) in [6, 6.07) is 7.15. The molecule has 4 heteroatoms. The van der Waals surface area contributed by atoms with Crippen LogP contribution in [0.1, 0.15) is 31.7 Å². The SMILES string of the molecule is CCC(C#N)(CCCOc1ccc(C)c(F)c1)NC. The summed E-state index contributed by atoms with van der Waals surface area (Å²) in [6.45, 7) is 4.18. The highest BCUT2D eigenvalue weighted by Gasteiger charge is 2.24. The van der Waals surface area contributed by atoms with Crippen molar-refractivity contribution >= 4 is 0 Å². The molecule has 0 fully saturated rings. The molecule has 0 aliphatic carbocycles. The Balaban J connectivity index is 2.42. The third-order valence-electron chi connectivity index (χ3n) is 3.46. The number of nitrogens with zero attached hydrogens (tertiary/aromatic N) is 1. The number of halogens is 1. The number of rotatable bonds is 7. The maximum absolute atomic E-state index is 13.3. The van der Waals surface area contributed by atoms with Gasteiger partial charge in [-0.3, -0.25) is 0 Å². The number of hydrogen-bond acceptors (Lipinski definition) is 3. The lowest BCUT2D eigenvalue weighted by Gasteiger charge is -2.24. The minimum Gasteiger partial charge on any atom is -0.493 e. The zero-order valence-electron chi connectivity index (χ0n) is 11.8. The summed E-state index contributed by atoms with van der Waals surface area (Å²) in [5.41, 5.74) is 0.124. The highest BCUT2D eigenvalue weighted by atomic mass is 19.1. The highest BCUT2D eigenvalue weighted by molar-refractivity contribution is 5.27. The minimum atomic E-state index is -0.484. The molecule has 0 radical (unpaired) electrons. The lowest BCUT2D eigenvalue weighted by Crippen LogP contribution is -2.41. The summed E-state index contributed by atoms with van der Waals surface area (Å²) in [5.74, 6) is 0.277. The van der Waals surface area contributed by atoms with Crippen molar-refractivity contribution in [1.29, 1.82) is 5.26 Å². The van der Waals surface area contributed by atoms with Gasteiger partial charge in [-0.2, -0.15) is 5.26 Å². The van der Waals surface area contributed by atoms with Gasteiger partial charge in [-0.1, -0.05) is 13.0 Å². The Hall–Kier alpha value is -1.60. The second kappa shape index (κ2) is 7.10. The van der Waals surface area contributed by atoms with Crippen LogP contribution in [0.2, 0.25) is 0 Å². The van der Waals surface area contributed by atoms with E-state index < -0.39 is 5.54 Å². The van der Waals surface area contributed by atoms with E-state index >= 15 is 0 Å². The molecule has 104 valence electrons. The third-order valence-corrected chi connectivity index (χ3v) is 3.46. The summed E-state index contributed by atoms with van der Waals surface area (Å²) in [5, 5.41) is 12.2. The summed E-state index contributed by atoms with van der Waals surface area (Å²) in [6.07, 6.45) is 2.21. The van der Waals surface area contributed by atoms with Crippen molar-refractivity contribution in [3.8, 4) is 11.8 Å². The van der Waals surface area contributed by atoms with Gasteiger partial charge in [0.25, 0.3) is 0 Å². The lowest BCUT2D eigenvalue weighted by atomic mass is 9.92. The number of ether oxygens (including phenoxy) is 1. The van der Waals surface area contributed by atoms with Gasteiger partial charge in [0.2, 0.25) is 0 Å². The average Bonchev–Trinajstić information content (AvgIpc) is 2.44. The fourth-order valence-electron chi connectivity index (χ4n) is 1.90. The Morgan fingerprint density at radius 1 is 1.47 bits per heavy atom. The number of aryl methyl sites for hydroxylation is 1. The Labute approximate surface area is 114 Å². The minimum absolute atomic E-state index is 0.257. The molecule has 1 unspecified atom stereocenters. The van der Waals surface area contributed by atoms with E-state index in [9.17, 15) is 4.39 Å². The maximum atomic E-state index is 13.3. The molecule has 1 rings (SSSR count). The Bertz CT molecular complexity index is 450. The summed E-state index contributed by atoms with van der Waals surface area (Å²) in [7, 11) is 1.79. The van der Waals surface area contributed by atoms with Crippen molar-refractivity contribution in [3.05, 3.63) is 29.6 Å². The zero-order chi connectivity index (χ0) is 14.3. The Morgan fingerprint density at radius 2 is 2.21 bits per heavy atom. The first-order chi connectivity index (χ1) is 9.06. The molecule has 1 aromatic carbocycles. The molecule has 0 spiro atoms. The van der Waals surface area contributed by atoms with E-state index in [1.807, 2.05) is 6.92 Å². The number of hydrogen-bond donors (Lipinski definition) is 1. The van der Waals surface area contributed by atoms with Gasteiger partial charge < -0.3 is 10.1 Å². The molecule has 19 heavy (non-hydrogen) atoms. The molecule has 0 amide bonds. The molecule has 0 aliphatic heterocycles. The quantitative estimate of drug-likeness (QED) is 0.769. The molecule has 0 aliphatic rings. The first-order valence-electron chi connectivity index (χ1n) is 6.56. The predicted molar refractivity (Wildman–Crippen MR) is 73.6 cm³/mol. The molecular formula is C15H21FN2O. The van der Waals surface area contributed by atoms with Gasteiger partial charge in [0.1, 0.15) is 17.1 Å². The van der Waals surface area contributed by atoms with Crippen LogP contribution in [0.4, 0.5) is 4.39 Å². The normalized spacial score (nSPS) is 13.6. The molecule has 0 bridgehead atoms. The zero-order valence-corrected chi connectivity index (χ0v) is 11.8. The molecule has 0 saturated carbocycles. The summed E-state index contributed by atoms with van der Waals surface area (Å²) < 4.78 is 18.8. The van der Waals surface area contributed by atoms with Crippen LogP contribution in [-0.4, -0.2) is 19.2 Å². The van der Waals surface area contributed by atoms with Gasteiger partial charge in [0.15, 0.2) is 0 Å². The van der Waals surface area contributed by atoms with E-state index in [2.05, 4.69) is 11.4 Å². The van der Waals surface area contributed by atoms with E-state index in [0.717, 1.165) is 12.8 Å². The molecule has 0 aromatic heterocycles. The summed E-state index contributed by atoms with van der Waals surface area (Å²) >= 11 is 0. The third kappa shape index (κ3) is 4.22. The number of nitrogens with one attached hydrogen (secondary N) is 1. The topological polar surface area (TPSA) is 45.0 Å². The smallest absolute Gasteiger partial charge is 0.129 e. The number of nitriles is 1. The maximum Gasteiger partial charge on any atom is 0.129 e. The van der Waals surface area contributed by atoms with Gasteiger partial charge in [-0.25, -0.2) is 4.39 Å². The first-order valence-corrected chi connectivity index (χ1v) is 6.56. The van der Waals surface area contributed by atoms with E-state index in [-0.39, 0.29) is 5.82 Å². The van der Waals surface area contributed by atoms with Crippen LogP contribution in [0.5, 0.6) is 5.75 Å². The Morgan fingerprint density at radius 3 is 2.74 bits per heavy atom. The van der Waals surface area contributed by atoms with Crippen molar-refractivity contribution in [2.24, 2.45) is 0 Å². The van der Waals surface area contributed by atoms with Gasteiger partial charge in [0, 0.05) is 6.07 Å². The van der Waals surface area contributed by atoms with Crippen molar-refractivity contribution in [2.75, 3.05) is 13.7 Å². The molecule has 0 heterocycles. The van der Waals surface area contributed by atoms with Gasteiger partial charge in [0.05, 0.1) is 12.7 Å². The largest absolute Gasteiger partial charge is 0.493 e. The van der Waals surface area contributed by atoms with Gasteiger partial charge in [-0.05, 0) is 44.9 Å². The molecule has 1 atom stereocenters. The molecule has 3 nitrogen and oxygen atoms in total. The van der Waals surface area contributed by atoms with E-state index in [0.29, 0.717) is 24.3 Å². The molecule has 1 aromatic rings. The monoisotopic (exact) mass is 264 g/mol. The second-order valence-electron chi connectivity index (χ2n) is 4.66. The van der Waals surface area contributed by atoms with Crippen LogP contribution < -0.4 is 10.1 Å². The van der Waals surface area contributed by atoms with Gasteiger partial charge in [-0.15, -0.1) is 0 Å². The van der Waals surface area contributed by atoms with Crippen molar-refractivity contribution in [3.63, 3.8) is 0 Å². The number of benzene rings is 1. The van der Waals surface area contributed by atoms with Crippen LogP contribution in [-0.2, 0) is 0 Å². The second-order valence-corrected chi connectivity index (χ2v) is 4.66. The fraction of sp³-hybridized carbons (Fsp3) is 0.533. The van der Waals surface area contributed by atoms with Crippen LogP contribution in [0.3, 0.4) is 0 Å². The van der Waals surface area contributed by atoms with E-state index in [1.165, 1.54) is 6.07 Å². The molecule has 0 saturated heterocycles. The predicted octanol–water partition coefficient (Wildman–Crippen LogP) is 3.18. The van der Waals surface area contributed by atoms with E-state index in [4.69, 9.17) is 10.00 Å². The lowest BCUT2D eigenvalue weighted by molar-refractivity contribution is 0.280.